The lowest BCUT2D eigenvalue weighted by Crippen LogP contribution is -2.10. The van der Waals surface area contributed by atoms with Crippen molar-refractivity contribution in [3.05, 3.63) is 48.6 Å². The molecule has 0 saturated carbocycles. The summed E-state index contributed by atoms with van der Waals surface area (Å²) in [4.78, 5) is 10.7. The molecule has 0 bridgehead atoms. The van der Waals surface area contributed by atoms with E-state index in [1.54, 1.807) is 0 Å². The van der Waals surface area contributed by atoms with Gasteiger partial charge in [0.05, 0.1) is 0 Å². The Morgan fingerprint density at radius 3 is 2.71 bits per heavy atom. The Kier molecular flexibility index (Phi) is 4.48. The highest BCUT2D eigenvalue weighted by molar-refractivity contribution is 5.66. The van der Waals surface area contributed by atoms with E-state index in [0.717, 1.165) is 6.42 Å². The van der Waals surface area contributed by atoms with Crippen LogP contribution in [0.1, 0.15) is 13.3 Å². The Bertz CT molecular complexity index is 295. The van der Waals surface area contributed by atoms with Crippen LogP contribution in [0, 0.1) is 0 Å². The van der Waals surface area contributed by atoms with Crippen molar-refractivity contribution in [2.24, 2.45) is 0 Å². The molecule has 0 aromatic rings. The van der Waals surface area contributed by atoms with Crippen molar-refractivity contribution in [2.75, 3.05) is 0 Å². The fourth-order valence-electron chi connectivity index (χ4n) is 1.08. The normalized spacial score (nSPS) is 29.9. The molecule has 0 amide bonds. The molecule has 0 aliphatic heterocycles. The highest BCUT2D eigenvalue weighted by Crippen LogP contribution is 2.01. The molecular formula is C12H14O2. The SMILES string of the molecule is CC(=O)O[C@@H]1\C=C/C=C\C=C/C/C=C\1. The van der Waals surface area contributed by atoms with Crippen LogP contribution in [0.5, 0.6) is 0 Å². The van der Waals surface area contributed by atoms with Crippen molar-refractivity contribution in [2.45, 2.75) is 19.4 Å². The first-order valence-electron chi connectivity index (χ1n) is 4.63. The second kappa shape index (κ2) is 5.97. The van der Waals surface area contributed by atoms with E-state index in [1.807, 2.05) is 48.6 Å². The first-order valence-corrected chi connectivity index (χ1v) is 4.63. The smallest absolute Gasteiger partial charge is 0.303 e. The first kappa shape index (κ1) is 10.5. The molecule has 1 rings (SSSR count). The summed E-state index contributed by atoms with van der Waals surface area (Å²) in [5.41, 5.74) is 0. The number of carbonyl (C=O) groups is 1. The summed E-state index contributed by atoms with van der Waals surface area (Å²) in [5, 5.41) is 0. The minimum atomic E-state index is -0.263. The van der Waals surface area contributed by atoms with Crippen molar-refractivity contribution < 1.29 is 9.53 Å². The van der Waals surface area contributed by atoms with Crippen LogP contribution < -0.4 is 0 Å². The van der Waals surface area contributed by atoms with Gasteiger partial charge in [-0.05, 0) is 18.6 Å². The van der Waals surface area contributed by atoms with E-state index in [-0.39, 0.29) is 12.1 Å². The number of rotatable bonds is 1. The van der Waals surface area contributed by atoms with E-state index in [1.165, 1.54) is 6.92 Å². The van der Waals surface area contributed by atoms with Gasteiger partial charge in [-0.2, -0.15) is 0 Å². The fourth-order valence-corrected chi connectivity index (χ4v) is 1.08. The third-order valence-electron chi connectivity index (χ3n) is 1.67. The second-order valence-corrected chi connectivity index (χ2v) is 2.94. The van der Waals surface area contributed by atoms with Crippen molar-refractivity contribution in [1.29, 1.82) is 0 Å². The quantitative estimate of drug-likeness (QED) is 0.469. The number of allylic oxidation sites excluding steroid dienone is 6. The average molecular weight is 190 g/mol. The highest BCUT2D eigenvalue weighted by atomic mass is 16.5. The number of hydrogen-bond donors (Lipinski definition) is 0. The van der Waals surface area contributed by atoms with Crippen LogP contribution in [0.25, 0.3) is 0 Å². The van der Waals surface area contributed by atoms with Gasteiger partial charge >= 0.3 is 5.97 Å². The predicted molar refractivity (Wildman–Crippen MR) is 56.7 cm³/mol. The van der Waals surface area contributed by atoms with Crippen LogP contribution in [0.2, 0.25) is 0 Å². The third-order valence-corrected chi connectivity index (χ3v) is 1.67. The lowest BCUT2D eigenvalue weighted by molar-refractivity contribution is -0.142. The van der Waals surface area contributed by atoms with Crippen LogP contribution in [0.15, 0.2) is 48.6 Å². The molecular weight excluding hydrogens is 176 g/mol. The van der Waals surface area contributed by atoms with Gasteiger partial charge in [0, 0.05) is 6.92 Å². The van der Waals surface area contributed by atoms with E-state index in [4.69, 9.17) is 4.74 Å². The van der Waals surface area contributed by atoms with Crippen molar-refractivity contribution in [3.63, 3.8) is 0 Å². The van der Waals surface area contributed by atoms with Gasteiger partial charge in [-0.3, -0.25) is 4.79 Å². The van der Waals surface area contributed by atoms with Crippen molar-refractivity contribution in [1.82, 2.24) is 0 Å². The molecule has 14 heavy (non-hydrogen) atoms. The summed E-state index contributed by atoms with van der Waals surface area (Å²) in [6.45, 7) is 1.41. The molecule has 0 N–H and O–H groups in total. The van der Waals surface area contributed by atoms with Crippen LogP contribution in [0.3, 0.4) is 0 Å². The molecule has 0 fully saturated rings. The topological polar surface area (TPSA) is 26.3 Å². The Morgan fingerprint density at radius 1 is 1.14 bits per heavy atom. The van der Waals surface area contributed by atoms with Gasteiger partial charge < -0.3 is 4.74 Å². The van der Waals surface area contributed by atoms with Crippen LogP contribution in [-0.4, -0.2) is 12.1 Å². The van der Waals surface area contributed by atoms with E-state index in [2.05, 4.69) is 0 Å². The van der Waals surface area contributed by atoms with Gasteiger partial charge in [0.25, 0.3) is 0 Å². The molecule has 0 unspecified atom stereocenters. The van der Waals surface area contributed by atoms with Gasteiger partial charge in [0.2, 0.25) is 0 Å². The first-order chi connectivity index (χ1) is 6.79. The van der Waals surface area contributed by atoms with Crippen LogP contribution in [0.4, 0.5) is 0 Å². The van der Waals surface area contributed by atoms with Gasteiger partial charge in [0.1, 0.15) is 6.10 Å². The van der Waals surface area contributed by atoms with Gasteiger partial charge in [0.15, 0.2) is 0 Å². The molecule has 1 atom stereocenters. The average Bonchev–Trinajstić information content (AvgIpc) is 2.15. The predicted octanol–water partition coefficient (Wildman–Crippen LogP) is 2.55. The lowest BCUT2D eigenvalue weighted by Gasteiger charge is -2.07. The van der Waals surface area contributed by atoms with E-state index >= 15 is 0 Å². The van der Waals surface area contributed by atoms with E-state index in [0.29, 0.717) is 0 Å². The number of hydrogen-bond acceptors (Lipinski definition) is 2. The third kappa shape index (κ3) is 4.45. The van der Waals surface area contributed by atoms with E-state index < -0.39 is 0 Å². The molecule has 0 heterocycles. The van der Waals surface area contributed by atoms with E-state index in [9.17, 15) is 4.79 Å². The Balaban J connectivity index is 2.64. The van der Waals surface area contributed by atoms with Crippen molar-refractivity contribution in [3.8, 4) is 0 Å². The zero-order valence-electron chi connectivity index (χ0n) is 8.22. The molecule has 2 nitrogen and oxygen atoms in total. The molecule has 0 spiro atoms. The van der Waals surface area contributed by atoms with Crippen LogP contribution in [-0.2, 0) is 9.53 Å². The maximum absolute atomic E-state index is 10.7. The zero-order chi connectivity index (χ0) is 10.2. The summed E-state index contributed by atoms with van der Waals surface area (Å²) in [6.07, 6.45) is 16.1. The zero-order valence-corrected chi connectivity index (χ0v) is 8.22. The Hall–Kier alpha value is -1.57. The van der Waals surface area contributed by atoms with Gasteiger partial charge in [-0.25, -0.2) is 0 Å². The van der Waals surface area contributed by atoms with Gasteiger partial charge in [-0.15, -0.1) is 0 Å². The molecule has 0 aromatic carbocycles. The summed E-state index contributed by atoms with van der Waals surface area (Å²) < 4.78 is 5.05. The molecule has 1 aliphatic rings. The molecule has 0 radical (unpaired) electrons. The number of ether oxygens (including phenoxy) is 1. The summed E-state index contributed by atoms with van der Waals surface area (Å²) >= 11 is 0. The summed E-state index contributed by atoms with van der Waals surface area (Å²) in [7, 11) is 0. The molecule has 2 heteroatoms. The monoisotopic (exact) mass is 190 g/mol. The van der Waals surface area contributed by atoms with Crippen molar-refractivity contribution >= 4 is 5.97 Å². The second-order valence-electron chi connectivity index (χ2n) is 2.94. The van der Waals surface area contributed by atoms with Crippen LogP contribution >= 0.6 is 0 Å². The maximum Gasteiger partial charge on any atom is 0.303 e. The lowest BCUT2D eigenvalue weighted by atomic mass is 10.2. The minimum absolute atomic E-state index is 0.247. The largest absolute Gasteiger partial charge is 0.454 e. The molecule has 0 saturated heterocycles. The highest BCUT2D eigenvalue weighted by Gasteiger charge is 2.02. The number of carbonyl (C=O) groups excluding carboxylic acids is 1. The summed E-state index contributed by atoms with van der Waals surface area (Å²) in [6, 6.07) is 0. The fraction of sp³-hybridized carbons (Fsp3) is 0.250. The Morgan fingerprint density at radius 2 is 1.93 bits per heavy atom. The molecule has 1 aliphatic carbocycles. The summed E-state index contributed by atoms with van der Waals surface area (Å²) in [5.74, 6) is -0.263. The molecule has 0 aromatic heterocycles. The standard InChI is InChI=1S/C12H14O2/c1-11(13)14-12-9-7-5-3-2-4-6-8-10-12/h2-5,7-10,12H,6H2,1H3/b4-2-,5-3-,9-7-,10-8-/t12-/m1/s1. The maximum atomic E-state index is 10.7. The Labute approximate surface area is 84.3 Å². The number of esters is 1. The molecule has 74 valence electrons. The minimum Gasteiger partial charge on any atom is -0.454 e. The van der Waals surface area contributed by atoms with Gasteiger partial charge in [-0.1, -0.05) is 36.5 Å².